The van der Waals surface area contributed by atoms with Gasteiger partial charge in [-0.3, -0.25) is 9.59 Å². The highest BCUT2D eigenvalue weighted by Crippen LogP contribution is 2.42. The third-order valence-electron chi connectivity index (χ3n) is 5.60. The average molecular weight is 428 g/mol. The third-order valence-corrected chi connectivity index (χ3v) is 5.60. The molecule has 0 amide bonds. The zero-order valence-electron chi connectivity index (χ0n) is 18.2. The number of unbranched alkanes of at least 4 members (excludes halogenated alkanes) is 1. The Balaban J connectivity index is 1.48. The number of hydrogen-bond acceptors (Lipinski definition) is 7. The third kappa shape index (κ3) is 4.81. The SMILES string of the molecule is CCOC(=O)c1ccc(OCCCCC2CCC3=C2C(=O)C(OC)=C(OC)C3=O)cc1. The maximum absolute atomic E-state index is 12.8. The molecule has 0 aromatic heterocycles. The Morgan fingerprint density at radius 1 is 1.00 bits per heavy atom. The molecular weight excluding hydrogens is 400 g/mol. The largest absolute Gasteiger partial charge is 0.494 e. The summed E-state index contributed by atoms with van der Waals surface area (Å²) in [6.07, 6.45) is 3.87. The molecule has 2 aliphatic carbocycles. The van der Waals surface area contributed by atoms with E-state index in [1.165, 1.54) is 14.2 Å². The number of esters is 1. The topological polar surface area (TPSA) is 88.1 Å². The molecule has 1 unspecified atom stereocenters. The van der Waals surface area contributed by atoms with Crippen LogP contribution in [0.25, 0.3) is 0 Å². The summed E-state index contributed by atoms with van der Waals surface area (Å²) in [6, 6.07) is 6.86. The lowest BCUT2D eigenvalue weighted by Crippen LogP contribution is -2.26. The molecule has 31 heavy (non-hydrogen) atoms. The van der Waals surface area contributed by atoms with Crippen molar-refractivity contribution in [1.29, 1.82) is 0 Å². The van der Waals surface area contributed by atoms with Crippen LogP contribution in [-0.4, -0.2) is 45.0 Å². The van der Waals surface area contributed by atoms with Crippen LogP contribution in [-0.2, 0) is 23.8 Å². The highest BCUT2D eigenvalue weighted by molar-refractivity contribution is 6.24. The van der Waals surface area contributed by atoms with Gasteiger partial charge in [-0.1, -0.05) is 0 Å². The van der Waals surface area contributed by atoms with Crippen LogP contribution in [0.15, 0.2) is 46.9 Å². The first-order valence-electron chi connectivity index (χ1n) is 10.6. The van der Waals surface area contributed by atoms with Crippen molar-refractivity contribution in [2.45, 2.75) is 39.0 Å². The molecule has 0 spiro atoms. The van der Waals surface area contributed by atoms with Gasteiger partial charge < -0.3 is 18.9 Å². The van der Waals surface area contributed by atoms with Gasteiger partial charge in [-0.05, 0) is 69.2 Å². The number of Topliss-reactive ketones (excluding diaryl/α,β-unsaturated/α-hetero) is 2. The first kappa shape index (κ1) is 22.6. The van der Waals surface area contributed by atoms with Gasteiger partial charge in [0.15, 0.2) is 0 Å². The van der Waals surface area contributed by atoms with Gasteiger partial charge in [-0.25, -0.2) is 4.79 Å². The van der Waals surface area contributed by atoms with Crippen molar-refractivity contribution in [2.24, 2.45) is 5.92 Å². The van der Waals surface area contributed by atoms with Crippen LogP contribution in [0, 0.1) is 5.92 Å². The van der Waals surface area contributed by atoms with Crippen molar-refractivity contribution < 1.29 is 33.3 Å². The standard InChI is InChI=1S/C24H28O7/c1-4-30-24(27)16-8-11-17(12-9-16)31-14-6-5-7-15-10-13-18-19(15)21(26)23(29-3)22(28-2)20(18)25/h8-9,11-12,15H,4-7,10,13-14H2,1-3H3. The van der Waals surface area contributed by atoms with E-state index in [0.717, 1.165) is 25.7 Å². The summed E-state index contributed by atoms with van der Waals surface area (Å²) in [6.45, 7) is 2.64. The Bertz CT molecular complexity index is 908. The molecule has 166 valence electrons. The molecule has 0 aliphatic heterocycles. The summed E-state index contributed by atoms with van der Waals surface area (Å²) in [7, 11) is 2.76. The number of carbonyl (C=O) groups is 3. The predicted octanol–water partition coefficient (Wildman–Crippen LogP) is 3.78. The van der Waals surface area contributed by atoms with E-state index in [1.54, 1.807) is 31.2 Å². The van der Waals surface area contributed by atoms with Gasteiger partial charge in [0, 0.05) is 11.1 Å². The number of ketones is 2. The van der Waals surface area contributed by atoms with Gasteiger partial charge in [0.2, 0.25) is 23.1 Å². The molecule has 1 aromatic carbocycles. The lowest BCUT2D eigenvalue weighted by Gasteiger charge is -2.21. The normalized spacial score (nSPS) is 18.2. The van der Waals surface area contributed by atoms with E-state index in [9.17, 15) is 14.4 Å². The molecule has 3 rings (SSSR count). The number of methoxy groups -OCH3 is 2. The van der Waals surface area contributed by atoms with E-state index in [1.807, 2.05) is 0 Å². The first-order valence-corrected chi connectivity index (χ1v) is 10.6. The lowest BCUT2D eigenvalue weighted by atomic mass is 9.87. The molecule has 0 heterocycles. The van der Waals surface area contributed by atoms with E-state index in [4.69, 9.17) is 18.9 Å². The zero-order chi connectivity index (χ0) is 22.4. The predicted molar refractivity (Wildman–Crippen MR) is 113 cm³/mol. The van der Waals surface area contributed by atoms with Gasteiger partial charge in [0.25, 0.3) is 0 Å². The first-order chi connectivity index (χ1) is 15.0. The number of ether oxygens (including phenoxy) is 4. The Morgan fingerprint density at radius 3 is 2.32 bits per heavy atom. The fourth-order valence-electron chi connectivity index (χ4n) is 4.11. The van der Waals surface area contributed by atoms with E-state index in [0.29, 0.717) is 42.1 Å². The highest BCUT2D eigenvalue weighted by Gasteiger charge is 2.42. The van der Waals surface area contributed by atoms with Gasteiger partial charge in [0.1, 0.15) is 5.75 Å². The Labute approximate surface area is 182 Å². The van der Waals surface area contributed by atoms with Crippen molar-refractivity contribution in [1.82, 2.24) is 0 Å². The van der Waals surface area contributed by atoms with Gasteiger partial charge >= 0.3 is 5.97 Å². The molecule has 0 bridgehead atoms. The molecule has 1 atom stereocenters. The summed E-state index contributed by atoms with van der Waals surface area (Å²) in [5, 5.41) is 0. The van der Waals surface area contributed by atoms with Crippen molar-refractivity contribution in [2.75, 3.05) is 27.4 Å². The molecule has 1 aromatic rings. The Kier molecular flexibility index (Phi) is 7.50. The van der Waals surface area contributed by atoms with E-state index >= 15 is 0 Å². The second-order valence-electron chi connectivity index (χ2n) is 7.44. The van der Waals surface area contributed by atoms with Crippen LogP contribution in [0.3, 0.4) is 0 Å². The Hall–Kier alpha value is -3.09. The van der Waals surface area contributed by atoms with Crippen LogP contribution < -0.4 is 4.74 Å². The minimum absolute atomic E-state index is 0.00717. The van der Waals surface area contributed by atoms with Crippen LogP contribution in [0.5, 0.6) is 5.75 Å². The average Bonchev–Trinajstić information content (AvgIpc) is 3.21. The molecular formula is C24H28O7. The molecule has 2 aliphatic rings. The molecule has 0 radical (unpaired) electrons. The van der Waals surface area contributed by atoms with Crippen LogP contribution in [0.2, 0.25) is 0 Å². The highest BCUT2D eigenvalue weighted by atomic mass is 16.5. The fourth-order valence-corrected chi connectivity index (χ4v) is 4.11. The molecule has 0 fully saturated rings. The summed E-state index contributed by atoms with van der Waals surface area (Å²) >= 11 is 0. The summed E-state index contributed by atoms with van der Waals surface area (Å²) < 4.78 is 21.0. The van der Waals surface area contributed by atoms with Gasteiger partial charge in [-0.2, -0.15) is 0 Å². The van der Waals surface area contributed by atoms with Gasteiger partial charge in [-0.15, -0.1) is 0 Å². The van der Waals surface area contributed by atoms with Crippen LogP contribution >= 0.6 is 0 Å². The van der Waals surface area contributed by atoms with E-state index in [2.05, 4.69) is 0 Å². The van der Waals surface area contributed by atoms with Crippen molar-refractivity contribution in [3.63, 3.8) is 0 Å². The number of hydrogen-bond donors (Lipinski definition) is 0. The number of allylic oxidation sites excluding steroid dienone is 2. The molecule has 0 saturated heterocycles. The molecule has 0 N–H and O–H groups in total. The minimum Gasteiger partial charge on any atom is -0.494 e. The van der Waals surface area contributed by atoms with Crippen LogP contribution in [0.4, 0.5) is 0 Å². The number of benzene rings is 1. The minimum atomic E-state index is -0.348. The second-order valence-corrected chi connectivity index (χ2v) is 7.44. The molecule has 7 heteroatoms. The zero-order valence-corrected chi connectivity index (χ0v) is 18.2. The quantitative estimate of drug-likeness (QED) is 0.318. The van der Waals surface area contributed by atoms with Crippen molar-refractivity contribution in [3.8, 4) is 5.75 Å². The van der Waals surface area contributed by atoms with Crippen molar-refractivity contribution >= 4 is 17.5 Å². The number of rotatable bonds is 10. The second kappa shape index (κ2) is 10.3. The molecule has 7 nitrogen and oxygen atoms in total. The summed E-state index contributed by atoms with van der Waals surface area (Å²) in [4.78, 5) is 37.1. The summed E-state index contributed by atoms with van der Waals surface area (Å²) in [5.41, 5.74) is 1.66. The van der Waals surface area contributed by atoms with Gasteiger partial charge in [0.05, 0.1) is 33.0 Å². The maximum Gasteiger partial charge on any atom is 0.338 e. The Morgan fingerprint density at radius 2 is 1.68 bits per heavy atom. The monoisotopic (exact) mass is 428 g/mol. The molecule has 0 saturated carbocycles. The smallest absolute Gasteiger partial charge is 0.338 e. The summed E-state index contributed by atoms with van der Waals surface area (Å²) in [5.74, 6) is -0.0469. The van der Waals surface area contributed by atoms with E-state index < -0.39 is 0 Å². The fraction of sp³-hybridized carbons (Fsp3) is 0.458. The van der Waals surface area contributed by atoms with E-state index in [-0.39, 0.29) is 35.0 Å². The van der Waals surface area contributed by atoms with Crippen molar-refractivity contribution in [3.05, 3.63) is 52.5 Å². The van der Waals surface area contributed by atoms with Crippen LogP contribution in [0.1, 0.15) is 49.4 Å². The number of carbonyl (C=O) groups excluding carboxylic acids is 3. The lowest BCUT2D eigenvalue weighted by molar-refractivity contribution is -0.121. The maximum atomic E-state index is 12.8.